The molecule has 0 saturated carbocycles. The summed E-state index contributed by atoms with van der Waals surface area (Å²) in [5.41, 5.74) is 2.87. The zero-order valence-electron chi connectivity index (χ0n) is 21.3. The lowest BCUT2D eigenvalue weighted by Gasteiger charge is -2.34. The first-order valence-corrected chi connectivity index (χ1v) is 13.6. The Kier molecular flexibility index (Phi) is 7.64. The van der Waals surface area contributed by atoms with Crippen molar-refractivity contribution < 1.29 is 14.3 Å². The second kappa shape index (κ2) is 11.2. The Balaban J connectivity index is 1.09. The molecule has 5 rings (SSSR count). The Morgan fingerprint density at radius 1 is 1.00 bits per heavy atom. The molecule has 0 atom stereocenters. The molecule has 0 radical (unpaired) electrons. The highest BCUT2D eigenvalue weighted by Gasteiger charge is 2.28. The lowest BCUT2D eigenvalue weighted by molar-refractivity contribution is -0.134. The molecule has 194 valence electrons. The second-order valence-electron chi connectivity index (χ2n) is 9.60. The molecule has 0 aliphatic carbocycles. The number of ether oxygens (including phenoxy) is 1. The number of thiazole rings is 1. The van der Waals surface area contributed by atoms with Crippen LogP contribution in [0.5, 0.6) is 5.75 Å². The maximum absolute atomic E-state index is 13.1. The Hall–Kier alpha value is -3.53. The summed E-state index contributed by atoms with van der Waals surface area (Å²) in [5, 5.41) is 2.86. The largest absolute Gasteiger partial charge is 0.484 e. The summed E-state index contributed by atoms with van der Waals surface area (Å²) in [7, 11) is 0. The summed E-state index contributed by atoms with van der Waals surface area (Å²) in [6, 6.07) is 5.88. The number of benzene rings is 1. The normalized spacial score (nSPS) is 16.6. The van der Waals surface area contributed by atoms with E-state index in [0.29, 0.717) is 31.9 Å². The molecule has 37 heavy (non-hydrogen) atoms. The van der Waals surface area contributed by atoms with Gasteiger partial charge in [-0.15, -0.1) is 11.3 Å². The Labute approximate surface area is 221 Å². The predicted molar refractivity (Wildman–Crippen MR) is 142 cm³/mol. The van der Waals surface area contributed by atoms with Gasteiger partial charge >= 0.3 is 0 Å². The lowest BCUT2D eigenvalue weighted by Crippen LogP contribution is -2.49. The van der Waals surface area contributed by atoms with Crippen LogP contribution in [0, 0.1) is 13.8 Å². The van der Waals surface area contributed by atoms with E-state index in [-0.39, 0.29) is 24.3 Å². The molecular formula is C27H32N6O3S. The molecule has 0 spiro atoms. The molecule has 2 amide bonds. The number of piperidine rings is 1. The van der Waals surface area contributed by atoms with Crippen LogP contribution in [0.1, 0.15) is 45.4 Å². The van der Waals surface area contributed by atoms with Gasteiger partial charge in [-0.1, -0.05) is 6.07 Å². The third-order valence-corrected chi connectivity index (χ3v) is 8.23. The molecule has 2 saturated heterocycles. The van der Waals surface area contributed by atoms with Crippen molar-refractivity contribution in [2.24, 2.45) is 0 Å². The molecule has 3 aromatic rings. The van der Waals surface area contributed by atoms with Crippen molar-refractivity contribution in [2.75, 3.05) is 50.8 Å². The minimum Gasteiger partial charge on any atom is -0.484 e. The van der Waals surface area contributed by atoms with Crippen molar-refractivity contribution in [3.63, 3.8) is 0 Å². The fourth-order valence-electron chi connectivity index (χ4n) is 4.74. The molecule has 2 aromatic heterocycles. The molecule has 2 aliphatic heterocycles. The molecule has 4 heterocycles. The van der Waals surface area contributed by atoms with Gasteiger partial charge in [-0.05, 0) is 49.9 Å². The monoisotopic (exact) mass is 520 g/mol. The number of piperazine rings is 1. The average molecular weight is 521 g/mol. The molecule has 2 aliphatic rings. The van der Waals surface area contributed by atoms with Crippen molar-refractivity contribution in [1.82, 2.24) is 24.8 Å². The number of nitrogens with zero attached hydrogens (tertiary/aromatic N) is 6. The van der Waals surface area contributed by atoms with E-state index in [9.17, 15) is 9.59 Å². The van der Waals surface area contributed by atoms with Crippen LogP contribution in [-0.4, -0.2) is 82.4 Å². The number of carbonyl (C=O) groups excluding carboxylic acids is 2. The number of hydrogen-bond donors (Lipinski definition) is 0. The molecular weight excluding hydrogens is 488 g/mol. The summed E-state index contributed by atoms with van der Waals surface area (Å²) in [5.74, 6) is 1.82. The van der Waals surface area contributed by atoms with E-state index in [1.807, 2.05) is 40.3 Å². The minimum absolute atomic E-state index is 0.00677. The van der Waals surface area contributed by atoms with E-state index in [2.05, 4.69) is 21.8 Å². The molecule has 0 bridgehead atoms. The van der Waals surface area contributed by atoms with E-state index in [1.165, 1.54) is 5.56 Å². The molecule has 0 N–H and O–H groups in total. The summed E-state index contributed by atoms with van der Waals surface area (Å²) in [6.07, 6.45) is 6.78. The number of aryl methyl sites for hydroxylation is 2. The third kappa shape index (κ3) is 5.90. The summed E-state index contributed by atoms with van der Waals surface area (Å²) >= 11 is 1.55. The number of rotatable bonds is 6. The van der Waals surface area contributed by atoms with Crippen LogP contribution in [-0.2, 0) is 4.79 Å². The lowest BCUT2D eigenvalue weighted by atomic mass is 9.97. The first kappa shape index (κ1) is 25.1. The highest BCUT2D eigenvalue weighted by atomic mass is 32.1. The minimum atomic E-state index is -0.0163. The fraction of sp³-hybridized carbons (Fsp3) is 0.444. The van der Waals surface area contributed by atoms with E-state index in [0.717, 1.165) is 48.1 Å². The molecule has 0 unspecified atom stereocenters. The molecule has 10 heteroatoms. The predicted octanol–water partition coefficient (Wildman–Crippen LogP) is 3.30. The molecule has 2 fully saturated rings. The van der Waals surface area contributed by atoms with E-state index < -0.39 is 0 Å². The Bertz CT molecular complexity index is 1230. The Morgan fingerprint density at radius 3 is 2.49 bits per heavy atom. The average Bonchev–Trinajstić information content (AvgIpc) is 3.44. The van der Waals surface area contributed by atoms with Crippen molar-refractivity contribution in [3.05, 3.63) is 64.0 Å². The number of likely N-dealkylation sites (tertiary alicyclic amines) is 1. The van der Waals surface area contributed by atoms with Crippen LogP contribution >= 0.6 is 11.3 Å². The quantitative estimate of drug-likeness (QED) is 0.493. The van der Waals surface area contributed by atoms with Crippen molar-refractivity contribution >= 4 is 29.0 Å². The number of hydrogen-bond acceptors (Lipinski definition) is 8. The van der Waals surface area contributed by atoms with Gasteiger partial charge in [0, 0.05) is 63.0 Å². The topological polar surface area (TPSA) is 91.8 Å². The van der Waals surface area contributed by atoms with Gasteiger partial charge in [-0.2, -0.15) is 0 Å². The van der Waals surface area contributed by atoms with Gasteiger partial charge in [0.15, 0.2) is 6.61 Å². The van der Waals surface area contributed by atoms with Crippen molar-refractivity contribution in [3.8, 4) is 5.75 Å². The fourth-order valence-corrected chi connectivity index (χ4v) is 5.71. The van der Waals surface area contributed by atoms with Crippen molar-refractivity contribution in [1.29, 1.82) is 0 Å². The molecule has 9 nitrogen and oxygen atoms in total. The maximum atomic E-state index is 13.1. The number of amides is 2. The van der Waals surface area contributed by atoms with Crippen LogP contribution in [0.3, 0.4) is 0 Å². The zero-order chi connectivity index (χ0) is 25.8. The summed E-state index contributed by atoms with van der Waals surface area (Å²) in [4.78, 5) is 44.8. The SMILES string of the molecule is Cc1ccc(OCC(=O)N2CCC(c3nc(C(=O)N4CCN(c5cnccn5)CC4)cs3)CC2)cc1C. The van der Waals surface area contributed by atoms with Crippen LogP contribution in [0.25, 0.3) is 0 Å². The van der Waals surface area contributed by atoms with Gasteiger partial charge in [-0.3, -0.25) is 14.6 Å². The van der Waals surface area contributed by atoms with Crippen molar-refractivity contribution in [2.45, 2.75) is 32.6 Å². The standard InChI is InChI=1S/C27H32N6O3S/c1-19-3-4-22(15-20(19)2)36-17-25(34)32-9-5-21(6-10-32)26-30-23(18-37-26)27(35)33-13-11-31(12-14-33)24-16-28-7-8-29-24/h3-4,7-8,15-16,18,21H,5-6,9-14,17H2,1-2H3. The summed E-state index contributed by atoms with van der Waals surface area (Å²) < 4.78 is 5.73. The van der Waals surface area contributed by atoms with Crippen LogP contribution < -0.4 is 9.64 Å². The van der Waals surface area contributed by atoms with Gasteiger partial charge in [-0.25, -0.2) is 9.97 Å². The van der Waals surface area contributed by atoms with Crippen LogP contribution in [0.15, 0.2) is 42.2 Å². The second-order valence-corrected chi connectivity index (χ2v) is 10.5. The van der Waals surface area contributed by atoms with Gasteiger partial charge in [0.25, 0.3) is 11.8 Å². The zero-order valence-corrected chi connectivity index (χ0v) is 22.1. The van der Waals surface area contributed by atoms with E-state index >= 15 is 0 Å². The number of aromatic nitrogens is 3. The van der Waals surface area contributed by atoms with Gasteiger partial charge in [0.05, 0.1) is 11.2 Å². The highest BCUT2D eigenvalue weighted by Crippen LogP contribution is 2.31. The smallest absolute Gasteiger partial charge is 0.273 e. The van der Waals surface area contributed by atoms with Gasteiger partial charge < -0.3 is 19.4 Å². The van der Waals surface area contributed by atoms with E-state index in [4.69, 9.17) is 9.72 Å². The highest BCUT2D eigenvalue weighted by molar-refractivity contribution is 7.09. The maximum Gasteiger partial charge on any atom is 0.273 e. The first-order chi connectivity index (χ1) is 18.0. The first-order valence-electron chi connectivity index (χ1n) is 12.7. The number of anilines is 1. The van der Waals surface area contributed by atoms with E-state index in [1.54, 1.807) is 29.9 Å². The summed E-state index contributed by atoms with van der Waals surface area (Å²) in [6.45, 7) is 8.20. The third-order valence-electron chi connectivity index (χ3n) is 7.22. The Morgan fingerprint density at radius 2 is 1.78 bits per heavy atom. The number of carbonyl (C=O) groups is 2. The molecule has 1 aromatic carbocycles. The van der Waals surface area contributed by atoms with Gasteiger partial charge in [0.1, 0.15) is 17.3 Å². The van der Waals surface area contributed by atoms with Gasteiger partial charge in [0.2, 0.25) is 0 Å². The van der Waals surface area contributed by atoms with Crippen LogP contribution in [0.4, 0.5) is 5.82 Å². The van der Waals surface area contributed by atoms with Crippen LogP contribution in [0.2, 0.25) is 0 Å².